The summed E-state index contributed by atoms with van der Waals surface area (Å²) in [4.78, 5) is 11.8. The van der Waals surface area contributed by atoms with Crippen LogP contribution in [0.5, 0.6) is 0 Å². The van der Waals surface area contributed by atoms with Gasteiger partial charge in [0, 0.05) is 12.3 Å². The summed E-state index contributed by atoms with van der Waals surface area (Å²) in [6.07, 6.45) is 2.06. The first kappa shape index (κ1) is 11.9. The number of rotatable bonds is 3. The molecule has 0 radical (unpaired) electrons. The van der Waals surface area contributed by atoms with Crippen LogP contribution in [-0.2, 0) is 9.47 Å². The van der Waals surface area contributed by atoms with E-state index in [-0.39, 0.29) is 12.1 Å². The summed E-state index contributed by atoms with van der Waals surface area (Å²) in [5, 5.41) is 0. The third-order valence-corrected chi connectivity index (χ3v) is 2.91. The zero-order valence-corrected chi connectivity index (χ0v) is 9.94. The third kappa shape index (κ3) is 2.97. The zero-order chi connectivity index (χ0) is 12.3. The van der Waals surface area contributed by atoms with Gasteiger partial charge in [-0.2, -0.15) is 0 Å². The molecule has 1 aromatic carbocycles. The van der Waals surface area contributed by atoms with Crippen molar-refractivity contribution in [2.24, 2.45) is 0 Å². The molecular formula is C13H17NO3. The molecule has 0 saturated carbocycles. The number of ether oxygens (including phenoxy) is 2. The quantitative estimate of drug-likeness (QED) is 0.642. The largest absolute Gasteiger partial charge is 0.459 e. The third-order valence-electron chi connectivity index (χ3n) is 2.91. The highest BCUT2D eigenvalue weighted by Crippen LogP contribution is 2.16. The van der Waals surface area contributed by atoms with Gasteiger partial charge in [0.1, 0.15) is 6.61 Å². The Morgan fingerprint density at radius 3 is 3.12 bits per heavy atom. The number of benzene rings is 1. The van der Waals surface area contributed by atoms with Gasteiger partial charge in [-0.15, -0.1) is 0 Å². The molecule has 17 heavy (non-hydrogen) atoms. The van der Waals surface area contributed by atoms with Crippen LogP contribution in [0.4, 0.5) is 5.69 Å². The van der Waals surface area contributed by atoms with Gasteiger partial charge in [-0.05, 0) is 37.5 Å². The molecule has 2 N–H and O–H groups in total. The van der Waals surface area contributed by atoms with Gasteiger partial charge in [-0.25, -0.2) is 4.79 Å². The SMILES string of the molecule is Cc1ccc(N)cc1C(=O)OCC1CCCO1. The van der Waals surface area contributed by atoms with E-state index in [4.69, 9.17) is 15.2 Å². The Labute approximate surface area is 101 Å². The summed E-state index contributed by atoms with van der Waals surface area (Å²) in [6, 6.07) is 5.23. The molecule has 92 valence electrons. The monoisotopic (exact) mass is 235 g/mol. The molecule has 0 bridgehead atoms. The van der Waals surface area contributed by atoms with Crippen molar-refractivity contribution >= 4 is 11.7 Å². The molecule has 1 fully saturated rings. The maximum absolute atomic E-state index is 11.8. The van der Waals surface area contributed by atoms with Gasteiger partial charge in [-0.1, -0.05) is 6.07 Å². The predicted octanol–water partition coefficient (Wildman–Crippen LogP) is 1.91. The molecule has 4 nitrogen and oxygen atoms in total. The summed E-state index contributed by atoms with van der Waals surface area (Å²) in [6.45, 7) is 2.95. The average Bonchev–Trinajstić information content (AvgIpc) is 2.82. The van der Waals surface area contributed by atoms with E-state index in [2.05, 4.69) is 0 Å². The molecule has 4 heteroatoms. The maximum Gasteiger partial charge on any atom is 0.338 e. The minimum atomic E-state index is -0.328. The minimum absolute atomic E-state index is 0.0558. The normalized spacial score (nSPS) is 19.2. The molecule has 0 aromatic heterocycles. The number of hydrogen-bond donors (Lipinski definition) is 1. The second-order valence-corrected chi connectivity index (χ2v) is 4.31. The van der Waals surface area contributed by atoms with E-state index in [1.165, 1.54) is 0 Å². The van der Waals surface area contributed by atoms with E-state index in [1.54, 1.807) is 12.1 Å². The lowest BCUT2D eigenvalue weighted by Crippen LogP contribution is -2.18. The van der Waals surface area contributed by atoms with E-state index in [1.807, 2.05) is 13.0 Å². The second-order valence-electron chi connectivity index (χ2n) is 4.31. The van der Waals surface area contributed by atoms with Crippen LogP contribution in [0.3, 0.4) is 0 Å². The summed E-state index contributed by atoms with van der Waals surface area (Å²) in [5.74, 6) is -0.328. The van der Waals surface area contributed by atoms with E-state index in [0.29, 0.717) is 17.9 Å². The Morgan fingerprint density at radius 2 is 2.41 bits per heavy atom. The molecule has 1 aromatic rings. The van der Waals surface area contributed by atoms with E-state index in [0.717, 1.165) is 25.0 Å². The van der Waals surface area contributed by atoms with Gasteiger partial charge in [0.15, 0.2) is 0 Å². The number of carbonyl (C=O) groups is 1. The van der Waals surface area contributed by atoms with Crippen molar-refractivity contribution in [2.45, 2.75) is 25.9 Å². The molecule has 1 heterocycles. The Bertz CT molecular complexity index is 411. The van der Waals surface area contributed by atoms with Crippen molar-refractivity contribution in [3.8, 4) is 0 Å². The van der Waals surface area contributed by atoms with Crippen LogP contribution in [0.2, 0.25) is 0 Å². The molecule has 2 rings (SSSR count). The number of anilines is 1. The molecule has 1 aliphatic rings. The Balaban J connectivity index is 1.96. The van der Waals surface area contributed by atoms with Crippen LogP contribution >= 0.6 is 0 Å². The van der Waals surface area contributed by atoms with Gasteiger partial charge < -0.3 is 15.2 Å². The summed E-state index contributed by atoms with van der Waals surface area (Å²) in [5.41, 5.74) is 7.62. The number of nitrogen functional groups attached to an aromatic ring is 1. The Hall–Kier alpha value is -1.55. The smallest absolute Gasteiger partial charge is 0.338 e. The molecule has 1 saturated heterocycles. The highest BCUT2D eigenvalue weighted by Gasteiger charge is 2.18. The first-order chi connectivity index (χ1) is 8.16. The highest BCUT2D eigenvalue weighted by atomic mass is 16.6. The molecular weight excluding hydrogens is 218 g/mol. The van der Waals surface area contributed by atoms with Crippen LogP contribution in [0, 0.1) is 6.92 Å². The van der Waals surface area contributed by atoms with Crippen molar-refractivity contribution in [2.75, 3.05) is 18.9 Å². The van der Waals surface area contributed by atoms with Crippen LogP contribution in [0.1, 0.15) is 28.8 Å². The molecule has 1 aliphatic heterocycles. The van der Waals surface area contributed by atoms with Crippen LogP contribution in [0.15, 0.2) is 18.2 Å². The van der Waals surface area contributed by atoms with Crippen molar-refractivity contribution < 1.29 is 14.3 Å². The fourth-order valence-electron chi connectivity index (χ4n) is 1.88. The number of hydrogen-bond acceptors (Lipinski definition) is 4. The fraction of sp³-hybridized carbons (Fsp3) is 0.462. The van der Waals surface area contributed by atoms with Gasteiger partial charge in [-0.3, -0.25) is 0 Å². The van der Waals surface area contributed by atoms with E-state index < -0.39 is 0 Å². The molecule has 0 spiro atoms. The van der Waals surface area contributed by atoms with Crippen molar-refractivity contribution in [3.63, 3.8) is 0 Å². The van der Waals surface area contributed by atoms with E-state index >= 15 is 0 Å². The molecule has 1 atom stereocenters. The van der Waals surface area contributed by atoms with E-state index in [9.17, 15) is 4.79 Å². The Kier molecular flexibility index (Phi) is 3.64. The molecule has 1 unspecified atom stereocenters. The zero-order valence-electron chi connectivity index (χ0n) is 9.94. The first-order valence-electron chi connectivity index (χ1n) is 5.81. The second kappa shape index (κ2) is 5.19. The van der Waals surface area contributed by atoms with Gasteiger partial charge in [0.2, 0.25) is 0 Å². The lowest BCUT2D eigenvalue weighted by Gasteiger charge is -2.11. The standard InChI is InChI=1S/C13H17NO3/c1-9-4-5-10(14)7-12(9)13(15)17-8-11-3-2-6-16-11/h4-5,7,11H,2-3,6,8,14H2,1H3. The highest BCUT2D eigenvalue weighted by molar-refractivity contribution is 5.92. The Morgan fingerprint density at radius 1 is 1.59 bits per heavy atom. The first-order valence-corrected chi connectivity index (χ1v) is 5.81. The maximum atomic E-state index is 11.8. The van der Waals surface area contributed by atoms with Gasteiger partial charge >= 0.3 is 5.97 Å². The predicted molar refractivity (Wildman–Crippen MR) is 64.8 cm³/mol. The summed E-state index contributed by atoms with van der Waals surface area (Å²) >= 11 is 0. The van der Waals surface area contributed by atoms with Crippen molar-refractivity contribution in [1.82, 2.24) is 0 Å². The minimum Gasteiger partial charge on any atom is -0.459 e. The lowest BCUT2D eigenvalue weighted by molar-refractivity contribution is 0.0161. The van der Waals surface area contributed by atoms with Gasteiger partial charge in [0.25, 0.3) is 0 Å². The fourth-order valence-corrected chi connectivity index (χ4v) is 1.88. The molecule has 0 amide bonds. The summed E-state index contributed by atoms with van der Waals surface area (Å²) in [7, 11) is 0. The van der Waals surface area contributed by atoms with Gasteiger partial charge in [0.05, 0.1) is 11.7 Å². The number of aryl methyl sites for hydroxylation is 1. The van der Waals surface area contributed by atoms with Crippen LogP contribution in [-0.4, -0.2) is 25.3 Å². The average molecular weight is 235 g/mol. The van der Waals surface area contributed by atoms with Crippen molar-refractivity contribution in [3.05, 3.63) is 29.3 Å². The van der Waals surface area contributed by atoms with Crippen LogP contribution in [0.25, 0.3) is 0 Å². The lowest BCUT2D eigenvalue weighted by atomic mass is 10.1. The van der Waals surface area contributed by atoms with Crippen LogP contribution < -0.4 is 5.73 Å². The number of carbonyl (C=O) groups excluding carboxylic acids is 1. The van der Waals surface area contributed by atoms with Crippen molar-refractivity contribution in [1.29, 1.82) is 0 Å². The number of nitrogens with two attached hydrogens (primary N) is 1. The molecule has 0 aliphatic carbocycles. The topological polar surface area (TPSA) is 61.6 Å². The summed E-state index contributed by atoms with van der Waals surface area (Å²) < 4.78 is 10.6. The number of esters is 1.